The minimum Gasteiger partial charge on any atom is -0.494 e. The number of nitrogens with two attached hydrogens (primary N) is 1. The molecule has 8 heteroatoms. The molecule has 2 rings (SSSR count). The van der Waals surface area contributed by atoms with Crippen molar-refractivity contribution in [3.63, 3.8) is 0 Å². The number of nitrogens with zero attached hydrogens (tertiary/aromatic N) is 1. The van der Waals surface area contributed by atoms with Crippen LogP contribution in [0.15, 0.2) is 47.5 Å². The van der Waals surface area contributed by atoms with E-state index in [9.17, 15) is 8.42 Å². The number of nitrogens with one attached hydrogen (secondary N) is 2. The molecule has 0 aliphatic heterocycles. The lowest BCUT2D eigenvalue weighted by Gasteiger charge is -2.11. The molecule has 0 radical (unpaired) electrons. The minimum atomic E-state index is -3.80. The van der Waals surface area contributed by atoms with E-state index in [1.54, 1.807) is 24.3 Å². The van der Waals surface area contributed by atoms with Crippen molar-refractivity contribution in [3.05, 3.63) is 42.6 Å². The van der Waals surface area contributed by atoms with Crippen molar-refractivity contribution in [2.24, 2.45) is 5.84 Å². The predicted molar refractivity (Wildman–Crippen MR) is 80.5 cm³/mol. The second kappa shape index (κ2) is 6.42. The van der Waals surface area contributed by atoms with Crippen LogP contribution >= 0.6 is 0 Å². The quantitative estimate of drug-likeness (QED) is 0.552. The third-order valence-electron chi connectivity index (χ3n) is 2.59. The lowest BCUT2D eigenvalue weighted by atomic mass is 10.3. The Morgan fingerprint density at radius 3 is 2.81 bits per heavy atom. The number of hydrogen-bond acceptors (Lipinski definition) is 6. The van der Waals surface area contributed by atoms with Gasteiger partial charge in [-0.15, -0.1) is 0 Å². The molecule has 0 aliphatic rings. The first kappa shape index (κ1) is 15.1. The zero-order valence-corrected chi connectivity index (χ0v) is 12.2. The van der Waals surface area contributed by atoms with E-state index in [1.807, 2.05) is 6.92 Å². The summed E-state index contributed by atoms with van der Waals surface area (Å²) < 4.78 is 32.5. The first-order valence-electron chi connectivity index (χ1n) is 6.24. The van der Waals surface area contributed by atoms with E-state index in [1.165, 1.54) is 18.3 Å². The lowest BCUT2D eigenvalue weighted by Crippen LogP contribution is -2.18. The van der Waals surface area contributed by atoms with Gasteiger partial charge in [0.05, 0.1) is 12.3 Å². The molecule has 1 aromatic carbocycles. The summed E-state index contributed by atoms with van der Waals surface area (Å²) in [4.78, 5) is 3.84. The van der Waals surface area contributed by atoms with E-state index in [0.717, 1.165) is 0 Å². The fourth-order valence-corrected chi connectivity index (χ4v) is 2.91. The Labute approximate surface area is 123 Å². The molecule has 0 saturated carbocycles. The third kappa shape index (κ3) is 3.61. The number of pyridine rings is 1. The molecular weight excluding hydrogens is 292 g/mol. The van der Waals surface area contributed by atoms with E-state index in [2.05, 4.69) is 15.1 Å². The van der Waals surface area contributed by atoms with E-state index in [-0.39, 0.29) is 10.7 Å². The highest BCUT2D eigenvalue weighted by Gasteiger charge is 2.19. The van der Waals surface area contributed by atoms with Crippen LogP contribution in [0.1, 0.15) is 6.92 Å². The van der Waals surface area contributed by atoms with Gasteiger partial charge in [-0.25, -0.2) is 19.2 Å². The molecule has 0 atom stereocenters. The summed E-state index contributed by atoms with van der Waals surface area (Å²) in [5.41, 5.74) is 2.66. The number of anilines is 2. The standard InChI is InChI=1S/C13H16N4O3S/c1-2-20-11-6-3-5-10(9-11)17-21(18,19)12-7-4-8-15-13(12)16-14/h3-9,17H,2,14H2,1H3,(H,15,16). The van der Waals surface area contributed by atoms with Gasteiger partial charge in [0.25, 0.3) is 10.0 Å². The molecule has 21 heavy (non-hydrogen) atoms. The molecule has 1 heterocycles. The van der Waals surface area contributed by atoms with E-state index >= 15 is 0 Å². The fraction of sp³-hybridized carbons (Fsp3) is 0.154. The molecule has 112 valence electrons. The maximum atomic E-state index is 12.4. The average Bonchev–Trinajstić information content (AvgIpc) is 2.47. The van der Waals surface area contributed by atoms with Crippen LogP contribution in [0.4, 0.5) is 11.5 Å². The van der Waals surface area contributed by atoms with Gasteiger partial charge in [-0.1, -0.05) is 6.07 Å². The first-order chi connectivity index (χ1) is 10.1. The lowest BCUT2D eigenvalue weighted by molar-refractivity contribution is 0.340. The zero-order chi connectivity index (χ0) is 15.3. The molecule has 7 nitrogen and oxygen atoms in total. The summed E-state index contributed by atoms with van der Waals surface area (Å²) in [7, 11) is -3.80. The van der Waals surface area contributed by atoms with Crippen LogP contribution in [0.2, 0.25) is 0 Å². The number of sulfonamides is 1. The van der Waals surface area contributed by atoms with Crippen LogP contribution < -0.4 is 20.7 Å². The van der Waals surface area contributed by atoms with Crippen molar-refractivity contribution in [1.82, 2.24) is 4.98 Å². The van der Waals surface area contributed by atoms with Crippen molar-refractivity contribution in [2.75, 3.05) is 16.8 Å². The van der Waals surface area contributed by atoms with Gasteiger partial charge in [0.2, 0.25) is 0 Å². The van der Waals surface area contributed by atoms with Crippen molar-refractivity contribution >= 4 is 21.5 Å². The number of hydrogen-bond donors (Lipinski definition) is 3. The van der Waals surface area contributed by atoms with E-state index in [4.69, 9.17) is 10.6 Å². The summed E-state index contributed by atoms with van der Waals surface area (Å²) in [5.74, 6) is 5.94. The Bertz CT molecular complexity index is 719. The van der Waals surface area contributed by atoms with Crippen molar-refractivity contribution in [3.8, 4) is 5.75 Å². The van der Waals surface area contributed by atoms with Gasteiger partial charge in [-0.05, 0) is 31.2 Å². The van der Waals surface area contributed by atoms with Crippen molar-refractivity contribution in [1.29, 1.82) is 0 Å². The van der Waals surface area contributed by atoms with Gasteiger partial charge in [-0.3, -0.25) is 4.72 Å². The Morgan fingerprint density at radius 2 is 2.10 bits per heavy atom. The maximum absolute atomic E-state index is 12.4. The fourth-order valence-electron chi connectivity index (χ4n) is 1.74. The highest BCUT2D eigenvalue weighted by molar-refractivity contribution is 7.92. The Hall–Kier alpha value is -2.32. The normalized spacial score (nSPS) is 11.0. The number of rotatable bonds is 6. The number of nitrogen functional groups attached to an aromatic ring is 1. The molecule has 0 fully saturated rings. The summed E-state index contributed by atoms with van der Waals surface area (Å²) in [6, 6.07) is 9.62. The van der Waals surface area contributed by atoms with Crippen LogP contribution in [-0.2, 0) is 10.0 Å². The first-order valence-corrected chi connectivity index (χ1v) is 7.72. The van der Waals surface area contributed by atoms with Gasteiger partial charge < -0.3 is 10.2 Å². The van der Waals surface area contributed by atoms with Crippen LogP contribution in [0.5, 0.6) is 5.75 Å². The molecule has 0 bridgehead atoms. The summed E-state index contributed by atoms with van der Waals surface area (Å²) in [6.07, 6.45) is 1.45. The number of benzene rings is 1. The van der Waals surface area contributed by atoms with Gasteiger partial charge in [0, 0.05) is 12.3 Å². The predicted octanol–water partition coefficient (Wildman–Crippen LogP) is 1.57. The molecule has 0 unspecified atom stereocenters. The van der Waals surface area contributed by atoms with E-state index < -0.39 is 10.0 Å². The molecular formula is C13H16N4O3S. The highest BCUT2D eigenvalue weighted by atomic mass is 32.2. The largest absolute Gasteiger partial charge is 0.494 e. The number of aromatic nitrogens is 1. The average molecular weight is 308 g/mol. The number of ether oxygens (including phenoxy) is 1. The molecule has 0 amide bonds. The maximum Gasteiger partial charge on any atom is 0.265 e. The summed E-state index contributed by atoms with van der Waals surface area (Å²) in [6.45, 7) is 2.35. The van der Waals surface area contributed by atoms with E-state index in [0.29, 0.717) is 18.0 Å². The second-order valence-corrected chi connectivity index (χ2v) is 5.71. The molecule has 1 aromatic heterocycles. The smallest absolute Gasteiger partial charge is 0.265 e. The third-order valence-corrected chi connectivity index (χ3v) is 4.01. The van der Waals surface area contributed by atoms with Gasteiger partial charge >= 0.3 is 0 Å². The van der Waals surface area contributed by atoms with Crippen LogP contribution in [-0.4, -0.2) is 20.0 Å². The van der Waals surface area contributed by atoms with Gasteiger partial charge in [0.15, 0.2) is 5.82 Å². The molecule has 0 aliphatic carbocycles. The molecule has 0 saturated heterocycles. The van der Waals surface area contributed by atoms with Crippen LogP contribution in [0.25, 0.3) is 0 Å². The second-order valence-electron chi connectivity index (χ2n) is 4.06. The van der Waals surface area contributed by atoms with Crippen LogP contribution in [0, 0.1) is 0 Å². The van der Waals surface area contributed by atoms with Crippen molar-refractivity contribution < 1.29 is 13.2 Å². The highest BCUT2D eigenvalue weighted by Crippen LogP contribution is 2.23. The summed E-state index contributed by atoms with van der Waals surface area (Å²) in [5, 5.41) is 0. The van der Waals surface area contributed by atoms with Crippen molar-refractivity contribution in [2.45, 2.75) is 11.8 Å². The van der Waals surface area contributed by atoms with Crippen LogP contribution in [0.3, 0.4) is 0 Å². The molecule has 4 N–H and O–H groups in total. The zero-order valence-electron chi connectivity index (χ0n) is 11.4. The minimum absolute atomic E-state index is 0.0330. The Balaban J connectivity index is 2.31. The Morgan fingerprint density at radius 1 is 1.29 bits per heavy atom. The molecule has 0 spiro atoms. The van der Waals surface area contributed by atoms with Gasteiger partial charge in [0.1, 0.15) is 10.6 Å². The van der Waals surface area contributed by atoms with Gasteiger partial charge in [-0.2, -0.15) is 0 Å². The topological polar surface area (TPSA) is 106 Å². The molecule has 2 aromatic rings. The SMILES string of the molecule is CCOc1cccc(NS(=O)(=O)c2cccnc2NN)c1. The number of hydrazine groups is 1. The summed E-state index contributed by atoms with van der Waals surface area (Å²) >= 11 is 0. The Kier molecular flexibility index (Phi) is 4.61. The monoisotopic (exact) mass is 308 g/mol.